The molecule has 0 heterocycles. The van der Waals surface area contributed by atoms with E-state index < -0.39 is 5.54 Å². The standard InChI is InChI=1S/C15H23NO3/c1-10-7-11(2)13(18-5)12(8-10)9-16-15(3,4)14(17)19-6/h7-8,16H,9H2,1-6H3. The lowest BCUT2D eigenvalue weighted by atomic mass is 10.0. The van der Waals surface area contributed by atoms with Crippen molar-refractivity contribution in [3.63, 3.8) is 0 Å². The molecule has 0 saturated carbocycles. The summed E-state index contributed by atoms with van der Waals surface area (Å²) in [6, 6.07) is 4.14. The molecule has 0 radical (unpaired) electrons. The topological polar surface area (TPSA) is 47.6 Å². The van der Waals surface area contributed by atoms with E-state index in [2.05, 4.69) is 17.4 Å². The Kier molecular flexibility index (Phi) is 4.95. The van der Waals surface area contributed by atoms with Gasteiger partial charge in [0.1, 0.15) is 11.3 Å². The van der Waals surface area contributed by atoms with Gasteiger partial charge in [0.15, 0.2) is 0 Å². The summed E-state index contributed by atoms with van der Waals surface area (Å²) in [4.78, 5) is 11.6. The Morgan fingerprint density at radius 2 is 1.89 bits per heavy atom. The van der Waals surface area contributed by atoms with E-state index in [9.17, 15) is 4.79 Å². The summed E-state index contributed by atoms with van der Waals surface area (Å²) in [7, 11) is 3.05. The van der Waals surface area contributed by atoms with Gasteiger partial charge in [-0.15, -0.1) is 0 Å². The highest BCUT2D eigenvalue weighted by atomic mass is 16.5. The van der Waals surface area contributed by atoms with Gasteiger partial charge in [0.25, 0.3) is 0 Å². The summed E-state index contributed by atoms with van der Waals surface area (Å²) in [5, 5.41) is 3.20. The molecule has 1 aromatic rings. The average Bonchev–Trinajstić information content (AvgIpc) is 2.34. The third-order valence-corrected chi connectivity index (χ3v) is 3.12. The number of carbonyl (C=O) groups is 1. The number of carbonyl (C=O) groups excluding carboxylic acids is 1. The Morgan fingerprint density at radius 3 is 2.42 bits per heavy atom. The van der Waals surface area contributed by atoms with Crippen LogP contribution in [0.25, 0.3) is 0 Å². The number of ether oxygens (including phenoxy) is 2. The summed E-state index contributed by atoms with van der Waals surface area (Å²) in [5.74, 6) is 0.578. The molecule has 0 aliphatic heterocycles. The van der Waals surface area contributed by atoms with Gasteiger partial charge in [0, 0.05) is 12.1 Å². The number of aryl methyl sites for hydroxylation is 2. The van der Waals surface area contributed by atoms with Crippen LogP contribution in [0.1, 0.15) is 30.5 Å². The molecule has 0 amide bonds. The van der Waals surface area contributed by atoms with Crippen molar-refractivity contribution in [2.75, 3.05) is 14.2 Å². The van der Waals surface area contributed by atoms with E-state index >= 15 is 0 Å². The van der Waals surface area contributed by atoms with Gasteiger partial charge in [0.05, 0.1) is 14.2 Å². The van der Waals surface area contributed by atoms with Crippen molar-refractivity contribution in [2.45, 2.75) is 39.8 Å². The first-order chi connectivity index (χ1) is 8.81. The third kappa shape index (κ3) is 3.70. The molecule has 0 fully saturated rings. The van der Waals surface area contributed by atoms with Crippen molar-refractivity contribution in [1.82, 2.24) is 5.32 Å². The number of methoxy groups -OCH3 is 2. The first-order valence-electron chi connectivity index (χ1n) is 6.29. The molecule has 0 aliphatic carbocycles. The molecule has 106 valence electrons. The summed E-state index contributed by atoms with van der Waals surface area (Å²) in [6.45, 7) is 8.21. The minimum absolute atomic E-state index is 0.282. The van der Waals surface area contributed by atoms with Crippen LogP contribution >= 0.6 is 0 Å². The number of rotatable bonds is 5. The molecule has 19 heavy (non-hydrogen) atoms. The van der Waals surface area contributed by atoms with Crippen molar-refractivity contribution in [3.05, 3.63) is 28.8 Å². The minimum atomic E-state index is -0.725. The summed E-state index contributed by atoms with van der Waals surface area (Å²) < 4.78 is 10.2. The SMILES string of the molecule is COC(=O)C(C)(C)NCc1cc(C)cc(C)c1OC. The molecule has 0 bridgehead atoms. The van der Waals surface area contributed by atoms with Gasteiger partial charge in [-0.1, -0.05) is 17.7 Å². The summed E-state index contributed by atoms with van der Waals surface area (Å²) >= 11 is 0. The van der Waals surface area contributed by atoms with Crippen LogP contribution in [0, 0.1) is 13.8 Å². The fourth-order valence-corrected chi connectivity index (χ4v) is 2.11. The second-order valence-electron chi connectivity index (χ2n) is 5.24. The van der Waals surface area contributed by atoms with Crippen LogP contribution < -0.4 is 10.1 Å². The van der Waals surface area contributed by atoms with E-state index in [1.54, 1.807) is 21.0 Å². The van der Waals surface area contributed by atoms with Crippen LogP contribution in [0.2, 0.25) is 0 Å². The van der Waals surface area contributed by atoms with Crippen LogP contribution in [-0.2, 0) is 16.1 Å². The van der Waals surface area contributed by atoms with Crippen molar-refractivity contribution in [1.29, 1.82) is 0 Å². The molecular formula is C15H23NO3. The lowest BCUT2D eigenvalue weighted by Gasteiger charge is -2.24. The van der Waals surface area contributed by atoms with Gasteiger partial charge in [-0.3, -0.25) is 10.1 Å². The largest absolute Gasteiger partial charge is 0.496 e. The fourth-order valence-electron chi connectivity index (χ4n) is 2.11. The second-order valence-corrected chi connectivity index (χ2v) is 5.24. The van der Waals surface area contributed by atoms with Gasteiger partial charge in [-0.2, -0.15) is 0 Å². The van der Waals surface area contributed by atoms with E-state index in [0.717, 1.165) is 16.9 Å². The predicted octanol–water partition coefficient (Wildman–Crippen LogP) is 2.35. The quantitative estimate of drug-likeness (QED) is 0.830. The Morgan fingerprint density at radius 1 is 1.26 bits per heavy atom. The first-order valence-corrected chi connectivity index (χ1v) is 6.29. The van der Waals surface area contributed by atoms with Crippen molar-refractivity contribution < 1.29 is 14.3 Å². The molecule has 0 saturated heterocycles. The molecule has 0 unspecified atom stereocenters. The molecule has 0 aliphatic rings. The van der Waals surface area contributed by atoms with E-state index in [4.69, 9.17) is 9.47 Å². The number of esters is 1. The normalized spacial score (nSPS) is 11.3. The third-order valence-electron chi connectivity index (χ3n) is 3.12. The second kappa shape index (κ2) is 6.06. The average molecular weight is 265 g/mol. The Labute approximate surface area is 115 Å². The van der Waals surface area contributed by atoms with Crippen molar-refractivity contribution in [3.8, 4) is 5.75 Å². The van der Waals surface area contributed by atoms with Crippen molar-refractivity contribution >= 4 is 5.97 Å². The molecule has 1 rings (SSSR count). The lowest BCUT2D eigenvalue weighted by Crippen LogP contribution is -2.47. The maximum Gasteiger partial charge on any atom is 0.325 e. The Balaban J connectivity index is 2.92. The Bertz CT molecular complexity index is 467. The first kappa shape index (κ1) is 15.5. The number of benzene rings is 1. The van der Waals surface area contributed by atoms with Crippen LogP contribution in [-0.4, -0.2) is 25.7 Å². The van der Waals surface area contributed by atoms with Crippen LogP contribution in [0.15, 0.2) is 12.1 Å². The highest BCUT2D eigenvalue weighted by Crippen LogP contribution is 2.25. The van der Waals surface area contributed by atoms with Crippen LogP contribution in [0.5, 0.6) is 5.75 Å². The number of nitrogens with one attached hydrogen (secondary N) is 1. The molecule has 4 nitrogen and oxygen atoms in total. The zero-order valence-corrected chi connectivity index (χ0v) is 12.6. The highest BCUT2D eigenvalue weighted by molar-refractivity contribution is 5.79. The predicted molar refractivity (Wildman–Crippen MR) is 75.4 cm³/mol. The molecule has 0 atom stereocenters. The molecule has 0 spiro atoms. The molecule has 1 N–H and O–H groups in total. The van der Waals surface area contributed by atoms with E-state index in [1.807, 2.05) is 13.8 Å². The smallest absolute Gasteiger partial charge is 0.325 e. The van der Waals surface area contributed by atoms with Gasteiger partial charge in [-0.25, -0.2) is 0 Å². The van der Waals surface area contributed by atoms with Crippen molar-refractivity contribution in [2.24, 2.45) is 0 Å². The summed E-state index contributed by atoms with van der Waals surface area (Å²) in [5.41, 5.74) is 2.58. The fraction of sp³-hybridized carbons (Fsp3) is 0.533. The molecule has 0 aromatic heterocycles. The maximum atomic E-state index is 11.6. The van der Waals surface area contributed by atoms with Crippen LogP contribution in [0.3, 0.4) is 0 Å². The number of hydrogen-bond donors (Lipinski definition) is 1. The van der Waals surface area contributed by atoms with Gasteiger partial charge < -0.3 is 9.47 Å². The molecule has 4 heteroatoms. The van der Waals surface area contributed by atoms with Gasteiger partial charge >= 0.3 is 5.97 Å². The zero-order chi connectivity index (χ0) is 14.6. The molecule has 1 aromatic carbocycles. The maximum absolute atomic E-state index is 11.6. The Hall–Kier alpha value is -1.55. The molecular weight excluding hydrogens is 242 g/mol. The van der Waals surface area contributed by atoms with E-state index in [1.165, 1.54) is 12.7 Å². The summed E-state index contributed by atoms with van der Waals surface area (Å²) in [6.07, 6.45) is 0. The highest BCUT2D eigenvalue weighted by Gasteiger charge is 2.28. The van der Waals surface area contributed by atoms with E-state index in [-0.39, 0.29) is 5.97 Å². The van der Waals surface area contributed by atoms with Crippen LogP contribution in [0.4, 0.5) is 0 Å². The number of hydrogen-bond acceptors (Lipinski definition) is 4. The monoisotopic (exact) mass is 265 g/mol. The van der Waals surface area contributed by atoms with E-state index in [0.29, 0.717) is 6.54 Å². The minimum Gasteiger partial charge on any atom is -0.496 e. The zero-order valence-electron chi connectivity index (χ0n) is 12.6. The lowest BCUT2D eigenvalue weighted by molar-refractivity contribution is -0.147. The van der Waals surface area contributed by atoms with Gasteiger partial charge in [-0.05, 0) is 33.3 Å². The van der Waals surface area contributed by atoms with Gasteiger partial charge in [0.2, 0.25) is 0 Å².